The van der Waals surface area contributed by atoms with Gasteiger partial charge < -0.3 is 0 Å². The van der Waals surface area contributed by atoms with Crippen LogP contribution in [0.1, 0.15) is 36.2 Å². The standard InChI is InChI=1S/C15H16O/c1-3-11-7-5-8-12-9-6-10-13(15(11)12)14(16)4-2/h5-10H,3-4H2,1-2H3. The molecule has 2 rings (SSSR count). The summed E-state index contributed by atoms with van der Waals surface area (Å²) in [6.07, 6.45) is 1.53. The predicted octanol–water partition coefficient (Wildman–Crippen LogP) is 3.99. The molecule has 2 aromatic carbocycles. The van der Waals surface area contributed by atoms with Crippen molar-refractivity contribution in [3.8, 4) is 0 Å². The van der Waals surface area contributed by atoms with Crippen molar-refractivity contribution in [2.45, 2.75) is 26.7 Å². The van der Waals surface area contributed by atoms with Crippen LogP contribution >= 0.6 is 0 Å². The van der Waals surface area contributed by atoms with Crippen molar-refractivity contribution in [2.24, 2.45) is 0 Å². The van der Waals surface area contributed by atoms with E-state index in [4.69, 9.17) is 0 Å². The SMILES string of the molecule is CCC(=O)c1cccc2cccc(CC)c12. The summed E-state index contributed by atoms with van der Waals surface area (Å²) < 4.78 is 0. The van der Waals surface area contributed by atoms with Crippen molar-refractivity contribution in [2.75, 3.05) is 0 Å². The molecule has 0 amide bonds. The molecule has 0 aliphatic rings. The lowest BCUT2D eigenvalue weighted by Crippen LogP contribution is -1.99. The fraction of sp³-hybridized carbons (Fsp3) is 0.267. The van der Waals surface area contributed by atoms with E-state index in [1.165, 1.54) is 10.9 Å². The van der Waals surface area contributed by atoms with Crippen molar-refractivity contribution < 1.29 is 4.79 Å². The third-order valence-corrected chi connectivity index (χ3v) is 2.99. The number of hydrogen-bond acceptors (Lipinski definition) is 1. The van der Waals surface area contributed by atoms with Crippen LogP contribution in [-0.4, -0.2) is 5.78 Å². The van der Waals surface area contributed by atoms with Gasteiger partial charge in [0.15, 0.2) is 5.78 Å². The summed E-state index contributed by atoms with van der Waals surface area (Å²) in [6.45, 7) is 4.04. The van der Waals surface area contributed by atoms with E-state index in [-0.39, 0.29) is 5.78 Å². The van der Waals surface area contributed by atoms with E-state index in [9.17, 15) is 4.79 Å². The topological polar surface area (TPSA) is 17.1 Å². The van der Waals surface area contributed by atoms with E-state index in [2.05, 4.69) is 31.2 Å². The molecule has 0 atom stereocenters. The predicted molar refractivity (Wildman–Crippen MR) is 67.9 cm³/mol. The highest BCUT2D eigenvalue weighted by atomic mass is 16.1. The molecule has 0 aliphatic heterocycles. The molecule has 1 nitrogen and oxygen atoms in total. The minimum Gasteiger partial charge on any atom is -0.294 e. The van der Waals surface area contributed by atoms with Crippen LogP contribution in [0.4, 0.5) is 0 Å². The second-order valence-electron chi connectivity index (χ2n) is 3.95. The first-order valence-electron chi connectivity index (χ1n) is 5.81. The van der Waals surface area contributed by atoms with Gasteiger partial charge in [0, 0.05) is 12.0 Å². The number of carbonyl (C=O) groups is 1. The second-order valence-corrected chi connectivity index (χ2v) is 3.95. The number of fused-ring (bicyclic) bond motifs is 1. The highest BCUT2D eigenvalue weighted by molar-refractivity contribution is 6.09. The molecule has 0 aromatic heterocycles. The zero-order valence-corrected chi connectivity index (χ0v) is 9.79. The lowest BCUT2D eigenvalue weighted by molar-refractivity contribution is 0.0989. The first-order valence-corrected chi connectivity index (χ1v) is 5.81. The summed E-state index contributed by atoms with van der Waals surface area (Å²) in [6, 6.07) is 12.2. The van der Waals surface area contributed by atoms with Gasteiger partial charge in [-0.15, -0.1) is 0 Å². The molecule has 0 aliphatic carbocycles. The van der Waals surface area contributed by atoms with Crippen molar-refractivity contribution >= 4 is 16.6 Å². The monoisotopic (exact) mass is 212 g/mol. The maximum absolute atomic E-state index is 11.9. The smallest absolute Gasteiger partial charge is 0.163 e. The fourth-order valence-electron chi connectivity index (χ4n) is 2.14. The molecule has 0 heterocycles. The Balaban J connectivity index is 2.78. The van der Waals surface area contributed by atoms with Crippen LogP contribution in [0.15, 0.2) is 36.4 Å². The average molecular weight is 212 g/mol. The molecular formula is C15H16O. The largest absolute Gasteiger partial charge is 0.294 e. The summed E-state index contributed by atoms with van der Waals surface area (Å²) in [5.74, 6) is 0.228. The molecule has 0 saturated heterocycles. The number of ketones is 1. The van der Waals surface area contributed by atoms with Gasteiger partial charge in [0.05, 0.1) is 0 Å². The zero-order chi connectivity index (χ0) is 11.5. The van der Waals surface area contributed by atoms with Crippen molar-refractivity contribution in [1.82, 2.24) is 0 Å². The summed E-state index contributed by atoms with van der Waals surface area (Å²) in [7, 11) is 0. The molecule has 16 heavy (non-hydrogen) atoms. The Labute approximate surface area is 96.1 Å². The Kier molecular flexibility index (Phi) is 3.04. The zero-order valence-electron chi connectivity index (χ0n) is 9.79. The van der Waals surface area contributed by atoms with E-state index in [0.717, 1.165) is 17.4 Å². The third kappa shape index (κ3) is 1.73. The Bertz CT molecular complexity index is 521. The molecule has 0 saturated carbocycles. The van der Waals surface area contributed by atoms with Gasteiger partial charge in [0.25, 0.3) is 0 Å². The van der Waals surface area contributed by atoms with Crippen molar-refractivity contribution in [1.29, 1.82) is 0 Å². The lowest BCUT2D eigenvalue weighted by atomic mass is 9.95. The first-order chi connectivity index (χ1) is 7.77. The summed E-state index contributed by atoms with van der Waals surface area (Å²) in [4.78, 5) is 11.9. The van der Waals surface area contributed by atoms with Gasteiger partial charge in [-0.25, -0.2) is 0 Å². The van der Waals surface area contributed by atoms with Crippen molar-refractivity contribution in [3.05, 3.63) is 47.5 Å². The maximum Gasteiger partial charge on any atom is 0.163 e. The summed E-state index contributed by atoms with van der Waals surface area (Å²) in [5.41, 5.74) is 2.13. The Hall–Kier alpha value is -1.63. The second kappa shape index (κ2) is 4.48. The Morgan fingerprint density at radius 3 is 2.38 bits per heavy atom. The molecule has 2 aromatic rings. The number of aryl methyl sites for hydroxylation is 1. The molecular weight excluding hydrogens is 196 g/mol. The first kappa shape index (κ1) is 10.9. The minimum absolute atomic E-state index is 0.228. The Morgan fingerprint density at radius 1 is 1.06 bits per heavy atom. The number of benzene rings is 2. The molecule has 0 bridgehead atoms. The fourth-order valence-corrected chi connectivity index (χ4v) is 2.14. The number of hydrogen-bond donors (Lipinski definition) is 0. The Morgan fingerprint density at radius 2 is 1.75 bits per heavy atom. The molecule has 0 radical (unpaired) electrons. The van der Waals surface area contributed by atoms with E-state index in [1.54, 1.807) is 0 Å². The van der Waals surface area contributed by atoms with Gasteiger partial charge >= 0.3 is 0 Å². The maximum atomic E-state index is 11.9. The van der Waals surface area contributed by atoms with Gasteiger partial charge in [0.1, 0.15) is 0 Å². The minimum atomic E-state index is 0.228. The van der Waals surface area contributed by atoms with Crippen LogP contribution < -0.4 is 0 Å². The van der Waals surface area contributed by atoms with Gasteiger partial charge in [0.2, 0.25) is 0 Å². The molecule has 0 unspecified atom stereocenters. The lowest BCUT2D eigenvalue weighted by Gasteiger charge is -2.08. The summed E-state index contributed by atoms with van der Waals surface area (Å²) in [5, 5.41) is 2.30. The van der Waals surface area contributed by atoms with Gasteiger partial charge in [-0.3, -0.25) is 4.79 Å². The van der Waals surface area contributed by atoms with E-state index in [0.29, 0.717) is 6.42 Å². The van der Waals surface area contributed by atoms with Crippen LogP contribution in [0.3, 0.4) is 0 Å². The number of Topliss-reactive ketones (excluding diaryl/α,β-unsaturated/α-hetero) is 1. The van der Waals surface area contributed by atoms with E-state index in [1.807, 2.05) is 19.1 Å². The number of carbonyl (C=O) groups excluding carboxylic acids is 1. The van der Waals surface area contributed by atoms with Gasteiger partial charge in [-0.1, -0.05) is 50.2 Å². The van der Waals surface area contributed by atoms with E-state index >= 15 is 0 Å². The molecule has 0 fully saturated rings. The number of rotatable bonds is 3. The molecule has 1 heteroatoms. The normalized spacial score (nSPS) is 10.6. The van der Waals surface area contributed by atoms with Crippen LogP contribution in [0.2, 0.25) is 0 Å². The molecule has 0 spiro atoms. The molecule has 0 N–H and O–H groups in total. The van der Waals surface area contributed by atoms with E-state index < -0.39 is 0 Å². The van der Waals surface area contributed by atoms with Gasteiger partial charge in [-0.2, -0.15) is 0 Å². The summed E-state index contributed by atoms with van der Waals surface area (Å²) >= 11 is 0. The van der Waals surface area contributed by atoms with Crippen LogP contribution in [0, 0.1) is 0 Å². The van der Waals surface area contributed by atoms with Gasteiger partial charge in [-0.05, 0) is 22.8 Å². The molecule has 82 valence electrons. The van der Waals surface area contributed by atoms with Crippen molar-refractivity contribution in [3.63, 3.8) is 0 Å². The van der Waals surface area contributed by atoms with Crippen LogP contribution in [0.25, 0.3) is 10.8 Å². The average Bonchev–Trinajstić information content (AvgIpc) is 2.36. The van der Waals surface area contributed by atoms with Crippen LogP contribution in [-0.2, 0) is 6.42 Å². The highest BCUT2D eigenvalue weighted by Gasteiger charge is 2.10. The quantitative estimate of drug-likeness (QED) is 0.703. The third-order valence-electron chi connectivity index (χ3n) is 2.99. The van der Waals surface area contributed by atoms with Crippen LogP contribution in [0.5, 0.6) is 0 Å². The highest BCUT2D eigenvalue weighted by Crippen LogP contribution is 2.24.